The maximum absolute atomic E-state index is 3.75. The first-order valence-electron chi connectivity index (χ1n) is 11.6. The van der Waals surface area contributed by atoms with Crippen LogP contribution in [0, 0.1) is 12.2 Å². The van der Waals surface area contributed by atoms with E-state index in [4.69, 9.17) is 0 Å². The molecule has 0 bridgehead atoms. The third-order valence-corrected chi connectivity index (χ3v) is 7.80. The molecule has 0 unspecified atom stereocenters. The first-order chi connectivity index (χ1) is 13.9. The molecule has 0 fully saturated rings. The van der Waals surface area contributed by atoms with Gasteiger partial charge in [-0.3, -0.25) is 0 Å². The standard InChI is InChI=1S/C28H36N2/c1-18(2)16-29-17-30-21-13-12-19-23(27(5,6)15-14-26(19,3)4)24(21)28(7,8)20-10-9-11-22(29)25(20)30/h9-13,18H,14-16H2,1-8H3. The van der Waals surface area contributed by atoms with Crippen molar-refractivity contribution in [2.75, 3.05) is 0 Å². The summed E-state index contributed by atoms with van der Waals surface area (Å²) in [5.74, 6) is 0.588. The zero-order valence-electron chi connectivity index (χ0n) is 20.0. The summed E-state index contributed by atoms with van der Waals surface area (Å²) in [6, 6.07) is 11.6. The van der Waals surface area contributed by atoms with Crippen molar-refractivity contribution in [2.45, 2.75) is 91.0 Å². The summed E-state index contributed by atoms with van der Waals surface area (Å²) in [6.07, 6.45) is 6.23. The molecule has 0 amide bonds. The van der Waals surface area contributed by atoms with Crippen LogP contribution in [0.2, 0.25) is 0 Å². The number of para-hydroxylation sites is 1. The molecule has 0 saturated carbocycles. The Morgan fingerprint density at radius 3 is 2.30 bits per heavy atom. The van der Waals surface area contributed by atoms with E-state index >= 15 is 0 Å². The Labute approximate surface area is 181 Å². The molecule has 1 aromatic heterocycles. The molecule has 0 spiro atoms. The predicted octanol–water partition coefficient (Wildman–Crippen LogP) is 6.36. The maximum atomic E-state index is 3.75. The summed E-state index contributed by atoms with van der Waals surface area (Å²) in [5, 5.41) is 0. The number of benzene rings is 2. The van der Waals surface area contributed by atoms with Gasteiger partial charge in [-0.15, -0.1) is 0 Å². The van der Waals surface area contributed by atoms with E-state index in [0.29, 0.717) is 5.92 Å². The third-order valence-electron chi connectivity index (χ3n) is 7.80. The monoisotopic (exact) mass is 400 g/mol. The van der Waals surface area contributed by atoms with Gasteiger partial charge < -0.3 is 9.13 Å². The molecule has 1 aliphatic carbocycles. The van der Waals surface area contributed by atoms with Crippen molar-refractivity contribution in [2.24, 2.45) is 5.92 Å². The predicted molar refractivity (Wildman–Crippen MR) is 125 cm³/mol. The van der Waals surface area contributed by atoms with Gasteiger partial charge in [0.2, 0.25) is 6.33 Å². The molecule has 2 nitrogen and oxygen atoms in total. The van der Waals surface area contributed by atoms with Crippen LogP contribution in [-0.4, -0.2) is 4.57 Å². The van der Waals surface area contributed by atoms with Gasteiger partial charge in [0.05, 0.1) is 23.3 Å². The Bertz CT molecular complexity index is 1170. The number of imidazole rings is 1. The van der Waals surface area contributed by atoms with Crippen LogP contribution in [0.5, 0.6) is 0 Å². The molecule has 2 heteroatoms. The van der Waals surface area contributed by atoms with Gasteiger partial charge in [0.1, 0.15) is 0 Å². The second-order valence-electron chi connectivity index (χ2n) is 11.9. The highest BCUT2D eigenvalue weighted by Crippen LogP contribution is 2.53. The third kappa shape index (κ3) is 2.52. The van der Waals surface area contributed by atoms with E-state index in [2.05, 4.69) is 101 Å². The lowest BCUT2D eigenvalue weighted by atomic mass is 9.58. The molecule has 3 aromatic rings. The van der Waals surface area contributed by atoms with E-state index in [1.807, 2.05) is 0 Å². The molecule has 5 rings (SSSR count). The number of hydrogen-bond donors (Lipinski definition) is 0. The molecule has 2 heterocycles. The molecule has 158 valence electrons. The van der Waals surface area contributed by atoms with Gasteiger partial charge in [-0.2, -0.15) is 0 Å². The molecular formula is C28H36N2. The summed E-state index contributed by atoms with van der Waals surface area (Å²) >= 11 is 0. The van der Waals surface area contributed by atoms with Gasteiger partial charge in [0, 0.05) is 5.41 Å². The van der Waals surface area contributed by atoms with Crippen LogP contribution in [-0.2, 0) is 22.8 Å². The largest absolute Gasteiger partial charge is 0.319 e. The number of hydrogen-bond acceptors (Lipinski definition) is 0. The zero-order valence-corrected chi connectivity index (χ0v) is 20.0. The Morgan fingerprint density at radius 2 is 1.60 bits per heavy atom. The second kappa shape index (κ2) is 5.99. The fourth-order valence-corrected chi connectivity index (χ4v) is 6.09. The molecule has 30 heavy (non-hydrogen) atoms. The molecule has 0 radical (unpaired) electrons. The Hall–Kier alpha value is -2.09. The lowest BCUT2D eigenvalue weighted by molar-refractivity contribution is -0.575. The minimum absolute atomic E-state index is 0.0390. The van der Waals surface area contributed by atoms with Crippen molar-refractivity contribution in [3.63, 3.8) is 0 Å². The highest BCUT2D eigenvalue weighted by molar-refractivity contribution is 5.81. The first kappa shape index (κ1) is 19.8. The lowest BCUT2D eigenvalue weighted by Crippen LogP contribution is -2.45. The quantitative estimate of drug-likeness (QED) is 0.349. The van der Waals surface area contributed by atoms with Gasteiger partial charge in [0.25, 0.3) is 0 Å². The lowest BCUT2D eigenvalue weighted by Gasteiger charge is -2.48. The molecule has 0 atom stereocenters. The van der Waals surface area contributed by atoms with Gasteiger partial charge in [-0.25, -0.2) is 0 Å². The average Bonchev–Trinajstić information content (AvgIpc) is 3.02. The van der Waals surface area contributed by atoms with Crippen LogP contribution in [0.25, 0.3) is 16.7 Å². The van der Waals surface area contributed by atoms with Crippen molar-refractivity contribution < 1.29 is 4.57 Å². The van der Waals surface area contributed by atoms with E-state index in [1.165, 1.54) is 40.7 Å². The molecular weight excluding hydrogens is 364 g/mol. The Kier molecular flexibility index (Phi) is 3.96. The first-order valence-corrected chi connectivity index (χ1v) is 11.6. The topological polar surface area (TPSA) is 8.81 Å². The van der Waals surface area contributed by atoms with Crippen molar-refractivity contribution in [3.05, 3.63) is 58.9 Å². The molecule has 2 aliphatic rings. The van der Waals surface area contributed by atoms with Gasteiger partial charge in [0.15, 0.2) is 0 Å². The van der Waals surface area contributed by atoms with Crippen LogP contribution in [0.15, 0.2) is 30.3 Å². The van der Waals surface area contributed by atoms with Crippen LogP contribution in [0.1, 0.15) is 90.5 Å². The van der Waals surface area contributed by atoms with Gasteiger partial charge in [-0.1, -0.05) is 85.7 Å². The highest BCUT2D eigenvalue weighted by atomic mass is 15.1. The molecule has 2 aromatic carbocycles. The fraction of sp³-hybridized carbons (Fsp3) is 0.536. The van der Waals surface area contributed by atoms with Crippen molar-refractivity contribution in [1.82, 2.24) is 4.57 Å². The zero-order chi connectivity index (χ0) is 21.6. The summed E-state index contributed by atoms with van der Waals surface area (Å²) in [4.78, 5) is 0. The maximum Gasteiger partial charge on any atom is 0.244 e. The van der Waals surface area contributed by atoms with Crippen LogP contribution >= 0.6 is 0 Å². The summed E-state index contributed by atoms with van der Waals surface area (Å²) in [7, 11) is 0. The van der Waals surface area contributed by atoms with Crippen molar-refractivity contribution in [3.8, 4) is 5.69 Å². The molecule has 1 aliphatic heterocycles. The minimum atomic E-state index is -0.0390. The number of nitrogens with zero attached hydrogens (tertiary/aromatic N) is 2. The number of fused-ring (bicyclic) bond motifs is 4. The van der Waals surface area contributed by atoms with E-state index < -0.39 is 0 Å². The normalized spacial score (nSPS) is 20.3. The van der Waals surface area contributed by atoms with Crippen LogP contribution in [0.3, 0.4) is 0 Å². The van der Waals surface area contributed by atoms with Crippen LogP contribution in [0.4, 0.5) is 0 Å². The van der Waals surface area contributed by atoms with Crippen molar-refractivity contribution in [1.29, 1.82) is 0 Å². The van der Waals surface area contributed by atoms with E-state index in [0.717, 1.165) is 6.54 Å². The van der Waals surface area contributed by atoms with Crippen molar-refractivity contribution >= 4 is 11.0 Å². The SMILES string of the molecule is CC(C)Cn1[c-][n+]2c3c(cccc31)C(C)(C)c1c-2ccc2c1C(C)(C)CCC2(C)C. The average molecular weight is 401 g/mol. The Balaban J connectivity index is 1.91. The minimum Gasteiger partial charge on any atom is -0.319 e. The molecule has 0 N–H and O–H groups in total. The molecule has 0 saturated heterocycles. The summed E-state index contributed by atoms with van der Waals surface area (Å²) in [5.41, 5.74) is 10.4. The van der Waals surface area contributed by atoms with E-state index in [9.17, 15) is 0 Å². The number of aromatic nitrogens is 2. The fourth-order valence-electron chi connectivity index (χ4n) is 6.09. The highest BCUT2D eigenvalue weighted by Gasteiger charge is 2.44. The van der Waals surface area contributed by atoms with Gasteiger partial charge in [-0.05, 0) is 51.8 Å². The second-order valence-corrected chi connectivity index (χ2v) is 11.9. The smallest absolute Gasteiger partial charge is 0.244 e. The van der Waals surface area contributed by atoms with E-state index in [-0.39, 0.29) is 16.2 Å². The summed E-state index contributed by atoms with van der Waals surface area (Å²) in [6.45, 7) is 20.2. The van der Waals surface area contributed by atoms with E-state index in [1.54, 1.807) is 11.1 Å². The number of rotatable bonds is 2. The van der Waals surface area contributed by atoms with Gasteiger partial charge >= 0.3 is 0 Å². The summed E-state index contributed by atoms with van der Waals surface area (Å²) < 4.78 is 4.70. The Morgan fingerprint density at radius 1 is 0.900 bits per heavy atom. The van der Waals surface area contributed by atoms with Crippen LogP contribution < -0.4 is 4.57 Å².